The lowest BCUT2D eigenvalue weighted by Crippen LogP contribution is -2.54. The molecule has 9 heteroatoms. The van der Waals surface area contributed by atoms with Crippen molar-refractivity contribution in [3.05, 3.63) is 71.4 Å². The Morgan fingerprint density at radius 1 is 0.829 bits per heavy atom. The summed E-state index contributed by atoms with van der Waals surface area (Å²) < 4.78 is 7.19. The third-order valence-corrected chi connectivity index (χ3v) is 6.72. The SMILES string of the molecule is O=C(C(=O)N1CCN(Cc2cn(-c3ccccc3)nc2-c2ccc(Cl)cc2)CC1)N1CCOCC1. The van der Waals surface area contributed by atoms with Crippen molar-refractivity contribution in [2.45, 2.75) is 6.54 Å². The van der Waals surface area contributed by atoms with E-state index in [1.54, 1.807) is 9.80 Å². The molecule has 0 spiro atoms. The number of morpholine rings is 1. The Kier molecular flexibility index (Phi) is 7.13. The molecule has 1 aromatic heterocycles. The fourth-order valence-electron chi connectivity index (χ4n) is 4.48. The van der Waals surface area contributed by atoms with Gasteiger partial charge in [0.1, 0.15) is 0 Å². The maximum atomic E-state index is 12.7. The van der Waals surface area contributed by atoms with Crippen molar-refractivity contribution >= 4 is 23.4 Å². The van der Waals surface area contributed by atoms with Crippen molar-refractivity contribution in [2.75, 3.05) is 52.5 Å². The fraction of sp³-hybridized carbons (Fsp3) is 0.346. The van der Waals surface area contributed by atoms with E-state index in [1.165, 1.54) is 0 Å². The molecule has 2 aromatic carbocycles. The van der Waals surface area contributed by atoms with Crippen molar-refractivity contribution in [1.29, 1.82) is 0 Å². The number of amides is 2. The van der Waals surface area contributed by atoms with Crippen LogP contribution in [0.2, 0.25) is 5.02 Å². The molecular formula is C26H28ClN5O3. The number of hydrogen-bond donors (Lipinski definition) is 0. The summed E-state index contributed by atoms with van der Waals surface area (Å²) in [7, 11) is 0. The van der Waals surface area contributed by atoms with E-state index in [4.69, 9.17) is 21.4 Å². The van der Waals surface area contributed by atoms with Crippen molar-refractivity contribution in [3.63, 3.8) is 0 Å². The number of halogens is 1. The predicted octanol–water partition coefficient (Wildman–Crippen LogP) is 2.70. The highest BCUT2D eigenvalue weighted by Gasteiger charge is 2.30. The van der Waals surface area contributed by atoms with Gasteiger partial charge in [-0.2, -0.15) is 5.10 Å². The van der Waals surface area contributed by atoms with Gasteiger partial charge in [-0.1, -0.05) is 41.9 Å². The summed E-state index contributed by atoms with van der Waals surface area (Å²) in [6, 6.07) is 17.7. The second kappa shape index (κ2) is 10.6. The molecule has 5 rings (SSSR count). The van der Waals surface area contributed by atoms with Crippen LogP contribution >= 0.6 is 11.6 Å². The Balaban J connectivity index is 1.28. The highest BCUT2D eigenvalue weighted by Crippen LogP contribution is 2.26. The second-order valence-electron chi connectivity index (χ2n) is 8.76. The molecule has 2 saturated heterocycles. The van der Waals surface area contributed by atoms with Gasteiger partial charge in [-0.05, 0) is 24.3 Å². The van der Waals surface area contributed by atoms with Gasteiger partial charge in [0.05, 0.1) is 24.6 Å². The van der Waals surface area contributed by atoms with E-state index < -0.39 is 11.8 Å². The smallest absolute Gasteiger partial charge is 0.312 e. The summed E-state index contributed by atoms with van der Waals surface area (Å²) >= 11 is 6.11. The molecule has 182 valence electrons. The number of hydrogen-bond acceptors (Lipinski definition) is 5. The minimum absolute atomic E-state index is 0.412. The normalized spacial score (nSPS) is 16.9. The van der Waals surface area contributed by atoms with Crippen LogP contribution in [0.5, 0.6) is 0 Å². The van der Waals surface area contributed by atoms with Crippen LogP contribution in [0.4, 0.5) is 0 Å². The topological polar surface area (TPSA) is 70.9 Å². The number of aromatic nitrogens is 2. The summed E-state index contributed by atoms with van der Waals surface area (Å²) in [6.45, 7) is 5.06. The van der Waals surface area contributed by atoms with Crippen LogP contribution in [0, 0.1) is 0 Å². The first-order valence-corrected chi connectivity index (χ1v) is 12.2. The molecule has 2 amide bonds. The minimum Gasteiger partial charge on any atom is -0.378 e. The molecule has 35 heavy (non-hydrogen) atoms. The summed E-state index contributed by atoms with van der Waals surface area (Å²) in [6.07, 6.45) is 2.07. The zero-order valence-electron chi connectivity index (χ0n) is 19.5. The van der Waals surface area contributed by atoms with Gasteiger partial charge in [-0.15, -0.1) is 0 Å². The Bertz CT molecular complexity index is 1170. The molecule has 0 N–H and O–H groups in total. The zero-order valence-corrected chi connectivity index (χ0v) is 20.2. The molecule has 2 fully saturated rings. The van der Waals surface area contributed by atoms with Gasteiger partial charge < -0.3 is 14.5 Å². The first kappa shape index (κ1) is 23.5. The number of benzene rings is 2. The van der Waals surface area contributed by atoms with Gasteiger partial charge in [0.2, 0.25) is 0 Å². The van der Waals surface area contributed by atoms with Crippen LogP contribution in [0.3, 0.4) is 0 Å². The lowest BCUT2D eigenvalue weighted by atomic mass is 10.1. The van der Waals surface area contributed by atoms with Gasteiger partial charge in [0, 0.05) is 68.2 Å². The van der Waals surface area contributed by atoms with E-state index in [-0.39, 0.29) is 0 Å². The highest BCUT2D eigenvalue weighted by molar-refractivity contribution is 6.35. The van der Waals surface area contributed by atoms with E-state index >= 15 is 0 Å². The molecule has 0 atom stereocenters. The number of nitrogens with zero attached hydrogens (tertiary/aromatic N) is 5. The van der Waals surface area contributed by atoms with E-state index in [9.17, 15) is 9.59 Å². The molecule has 0 radical (unpaired) electrons. The molecular weight excluding hydrogens is 466 g/mol. The summed E-state index contributed by atoms with van der Waals surface area (Å²) in [5, 5.41) is 5.57. The van der Waals surface area contributed by atoms with Crippen LogP contribution in [-0.2, 0) is 20.9 Å². The number of piperazine rings is 1. The molecule has 3 aromatic rings. The van der Waals surface area contributed by atoms with Crippen LogP contribution < -0.4 is 0 Å². The standard InChI is InChI=1S/C26H28ClN5O3/c27-22-8-6-20(7-9-22)24-21(19-32(28-24)23-4-2-1-3-5-23)18-29-10-12-30(13-11-29)25(33)26(34)31-14-16-35-17-15-31/h1-9,19H,10-18H2. The Morgan fingerprint density at radius 3 is 2.11 bits per heavy atom. The van der Waals surface area contributed by atoms with E-state index in [0.29, 0.717) is 64.0 Å². The third kappa shape index (κ3) is 5.40. The lowest BCUT2D eigenvalue weighted by molar-refractivity contribution is -0.155. The number of rotatable bonds is 4. The quantitative estimate of drug-likeness (QED) is 0.523. The van der Waals surface area contributed by atoms with Gasteiger partial charge >= 0.3 is 11.8 Å². The monoisotopic (exact) mass is 493 g/mol. The predicted molar refractivity (Wildman–Crippen MR) is 133 cm³/mol. The molecule has 0 aliphatic carbocycles. The molecule has 3 heterocycles. The van der Waals surface area contributed by atoms with Gasteiger partial charge in [0.25, 0.3) is 0 Å². The third-order valence-electron chi connectivity index (χ3n) is 6.46. The van der Waals surface area contributed by atoms with Crippen LogP contribution in [0.25, 0.3) is 16.9 Å². The van der Waals surface area contributed by atoms with Crippen LogP contribution in [0.1, 0.15) is 5.56 Å². The van der Waals surface area contributed by atoms with Gasteiger partial charge in [-0.3, -0.25) is 14.5 Å². The van der Waals surface area contributed by atoms with E-state index in [1.807, 2.05) is 59.3 Å². The highest BCUT2D eigenvalue weighted by atomic mass is 35.5. The van der Waals surface area contributed by atoms with E-state index in [2.05, 4.69) is 11.1 Å². The maximum Gasteiger partial charge on any atom is 0.312 e. The first-order chi connectivity index (χ1) is 17.1. The number of carbonyl (C=O) groups excluding carboxylic acids is 2. The van der Waals surface area contributed by atoms with Crippen molar-refractivity contribution in [2.24, 2.45) is 0 Å². The summed E-state index contributed by atoms with van der Waals surface area (Å²) in [4.78, 5) is 30.9. The average Bonchev–Trinajstić information content (AvgIpc) is 3.33. The van der Waals surface area contributed by atoms with Crippen LogP contribution in [-0.4, -0.2) is 88.8 Å². The van der Waals surface area contributed by atoms with Gasteiger partial charge in [0.15, 0.2) is 0 Å². The second-order valence-corrected chi connectivity index (χ2v) is 9.20. The number of carbonyl (C=O) groups is 2. The van der Waals surface area contributed by atoms with Crippen LogP contribution in [0.15, 0.2) is 60.8 Å². The minimum atomic E-state index is -0.420. The zero-order chi connectivity index (χ0) is 24.2. The fourth-order valence-corrected chi connectivity index (χ4v) is 4.60. The average molecular weight is 494 g/mol. The van der Waals surface area contributed by atoms with E-state index in [0.717, 1.165) is 22.5 Å². The Morgan fingerprint density at radius 2 is 1.46 bits per heavy atom. The maximum absolute atomic E-state index is 12.7. The molecule has 2 aliphatic rings. The summed E-state index contributed by atoms with van der Waals surface area (Å²) in [5.74, 6) is -0.832. The number of ether oxygens (including phenoxy) is 1. The number of para-hydroxylation sites is 1. The summed E-state index contributed by atoms with van der Waals surface area (Å²) in [5.41, 5.74) is 4.00. The molecule has 2 aliphatic heterocycles. The first-order valence-electron chi connectivity index (χ1n) is 11.9. The Hall–Kier alpha value is -3.20. The van der Waals surface area contributed by atoms with Crippen molar-refractivity contribution in [1.82, 2.24) is 24.5 Å². The molecule has 0 bridgehead atoms. The lowest BCUT2D eigenvalue weighted by Gasteiger charge is -2.35. The largest absolute Gasteiger partial charge is 0.378 e. The molecule has 0 unspecified atom stereocenters. The molecule has 8 nitrogen and oxygen atoms in total. The van der Waals surface area contributed by atoms with Crippen molar-refractivity contribution < 1.29 is 14.3 Å². The van der Waals surface area contributed by atoms with Gasteiger partial charge in [-0.25, -0.2) is 4.68 Å². The molecule has 0 saturated carbocycles. The van der Waals surface area contributed by atoms with Crippen molar-refractivity contribution in [3.8, 4) is 16.9 Å². The Labute approximate surface area is 209 Å².